The van der Waals surface area contributed by atoms with E-state index in [1.54, 1.807) is 5.01 Å². The van der Waals surface area contributed by atoms with Gasteiger partial charge in [0.05, 0.1) is 0 Å². The van der Waals surface area contributed by atoms with Crippen LogP contribution in [0.5, 0.6) is 0 Å². The highest BCUT2D eigenvalue weighted by Crippen LogP contribution is 2.32. The Morgan fingerprint density at radius 1 is 1.17 bits per heavy atom. The van der Waals surface area contributed by atoms with Crippen LogP contribution in [0.2, 0.25) is 0 Å². The third kappa shape index (κ3) is 1.52. The normalized spacial score (nSPS) is 28.9. The molecule has 1 aliphatic heterocycles. The molecule has 0 aliphatic carbocycles. The van der Waals surface area contributed by atoms with Crippen molar-refractivity contribution < 1.29 is 4.79 Å². The molecule has 1 aliphatic rings. The number of rotatable bonds is 0. The third-order valence-corrected chi connectivity index (χ3v) is 2.56. The molecule has 70 valence electrons. The molecule has 3 nitrogen and oxygen atoms in total. The van der Waals surface area contributed by atoms with Crippen molar-refractivity contribution >= 4 is 5.78 Å². The molecular formula is C9H18N2O. The van der Waals surface area contributed by atoms with E-state index in [9.17, 15) is 4.79 Å². The molecule has 0 atom stereocenters. The maximum Gasteiger partial charge on any atom is 0.136 e. The predicted octanol–water partition coefficient (Wildman–Crippen LogP) is 1.08. The Hall–Kier alpha value is -0.410. The number of carbonyl (C=O) groups excluding carboxylic acids is 1. The fraction of sp³-hybridized carbons (Fsp3) is 0.889. The SMILES string of the molecule is CC1(C)CC(=O)CC(C)(C)N1N. The molecule has 0 spiro atoms. The van der Waals surface area contributed by atoms with E-state index in [4.69, 9.17) is 5.84 Å². The molecule has 1 heterocycles. The van der Waals surface area contributed by atoms with Crippen molar-refractivity contribution in [1.82, 2.24) is 5.01 Å². The summed E-state index contributed by atoms with van der Waals surface area (Å²) in [4.78, 5) is 11.4. The lowest BCUT2D eigenvalue weighted by Crippen LogP contribution is -2.64. The van der Waals surface area contributed by atoms with E-state index >= 15 is 0 Å². The summed E-state index contributed by atoms with van der Waals surface area (Å²) >= 11 is 0. The molecular weight excluding hydrogens is 152 g/mol. The van der Waals surface area contributed by atoms with Crippen molar-refractivity contribution in [2.45, 2.75) is 51.6 Å². The fourth-order valence-electron chi connectivity index (χ4n) is 2.02. The Morgan fingerprint density at radius 3 is 1.83 bits per heavy atom. The zero-order valence-electron chi connectivity index (χ0n) is 8.35. The van der Waals surface area contributed by atoms with Crippen molar-refractivity contribution in [3.8, 4) is 0 Å². The van der Waals surface area contributed by atoms with E-state index in [1.807, 2.05) is 27.7 Å². The van der Waals surface area contributed by atoms with E-state index < -0.39 is 0 Å². The van der Waals surface area contributed by atoms with Crippen LogP contribution in [0.3, 0.4) is 0 Å². The predicted molar refractivity (Wildman–Crippen MR) is 48.4 cm³/mol. The summed E-state index contributed by atoms with van der Waals surface area (Å²) in [6.45, 7) is 8.02. The molecule has 0 aromatic heterocycles. The van der Waals surface area contributed by atoms with Gasteiger partial charge in [-0.25, -0.2) is 5.01 Å². The van der Waals surface area contributed by atoms with Crippen LogP contribution >= 0.6 is 0 Å². The van der Waals surface area contributed by atoms with Crippen LogP contribution in [0.15, 0.2) is 0 Å². The Bertz CT molecular complexity index is 189. The number of ketones is 1. The van der Waals surface area contributed by atoms with E-state index in [2.05, 4.69) is 0 Å². The maximum atomic E-state index is 11.4. The highest BCUT2D eigenvalue weighted by Gasteiger charge is 2.43. The minimum atomic E-state index is -0.196. The van der Waals surface area contributed by atoms with Crippen molar-refractivity contribution in [2.75, 3.05) is 0 Å². The largest absolute Gasteiger partial charge is 0.300 e. The quantitative estimate of drug-likeness (QED) is 0.553. The second-order valence-electron chi connectivity index (χ2n) is 4.89. The number of Topliss-reactive ketones (excluding diaryl/α,β-unsaturated/α-hetero) is 1. The summed E-state index contributed by atoms with van der Waals surface area (Å²) in [5.41, 5.74) is -0.391. The molecule has 1 fully saturated rings. The summed E-state index contributed by atoms with van der Waals surface area (Å²) in [5, 5.41) is 1.81. The number of hydrogen-bond donors (Lipinski definition) is 1. The van der Waals surface area contributed by atoms with Crippen LogP contribution in [0.1, 0.15) is 40.5 Å². The van der Waals surface area contributed by atoms with E-state index in [0.29, 0.717) is 18.6 Å². The number of carbonyl (C=O) groups is 1. The molecule has 0 aromatic rings. The molecule has 0 radical (unpaired) electrons. The Labute approximate surface area is 73.9 Å². The zero-order valence-corrected chi connectivity index (χ0v) is 8.35. The lowest BCUT2D eigenvalue weighted by atomic mass is 9.81. The second-order valence-corrected chi connectivity index (χ2v) is 4.89. The number of hydrogen-bond acceptors (Lipinski definition) is 3. The van der Waals surface area contributed by atoms with Gasteiger partial charge < -0.3 is 0 Å². The molecule has 1 saturated heterocycles. The monoisotopic (exact) mass is 170 g/mol. The first-order chi connectivity index (χ1) is 5.26. The summed E-state index contributed by atoms with van der Waals surface area (Å²) < 4.78 is 0. The van der Waals surface area contributed by atoms with Crippen molar-refractivity contribution in [1.29, 1.82) is 0 Å². The maximum absolute atomic E-state index is 11.4. The van der Waals surface area contributed by atoms with Gasteiger partial charge in [0.1, 0.15) is 5.78 Å². The highest BCUT2D eigenvalue weighted by atomic mass is 16.1. The van der Waals surface area contributed by atoms with Crippen LogP contribution in [0.25, 0.3) is 0 Å². The lowest BCUT2D eigenvalue weighted by Gasteiger charge is -2.49. The second kappa shape index (κ2) is 2.54. The zero-order chi connectivity index (χ0) is 9.57. The minimum Gasteiger partial charge on any atom is -0.300 e. The number of nitrogens with two attached hydrogens (primary N) is 1. The van der Waals surface area contributed by atoms with Gasteiger partial charge in [0.15, 0.2) is 0 Å². The minimum absolute atomic E-state index is 0.196. The average molecular weight is 170 g/mol. The first-order valence-electron chi connectivity index (χ1n) is 4.32. The molecule has 0 bridgehead atoms. The van der Waals surface area contributed by atoms with E-state index in [1.165, 1.54) is 0 Å². The summed E-state index contributed by atoms with van der Waals surface area (Å²) in [6, 6.07) is 0. The molecule has 0 saturated carbocycles. The number of piperidine rings is 1. The van der Waals surface area contributed by atoms with Gasteiger partial charge in [0.25, 0.3) is 0 Å². The third-order valence-electron chi connectivity index (χ3n) is 2.56. The molecule has 0 unspecified atom stereocenters. The first kappa shape index (κ1) is 9.68. The average Bonchev–Trinajstić information content (AvgIpc) is 1.80. The molecule has 3 heteroatoms. The van der Waals surface area contributed by atoms with Gasteiger partial charge >= 0.3 is 0 Å². The topological polar surface area (TPSA) is 46.3 Å². The van der Waals surface area contributed by atoms with Gasteiger partial charge in [0, 0.05) is 23.9 Å². The molecule has 0 aromatic carbocycles. The smallest absolute Gasteiger partial charge is 0.136 e. The molecule has 1 rings (SSSR count). The van der Waals surface area contributed by atoms with Gasteiger partial charge in [-0.3, -0.25) is 10.6 Å². The summed E-state index contributed by atoms with van der Waals surface area (Å²) in [7, 11) is 0. The number of hydrazine groups is 1. The van der Waals surface area contributed by atoms with E-state index in [-0.39, 0.29) is 11.1 Å². The Balaban J connectivity index is 2.91. The Morgan fingerprint density at radius 2 is 1.50 bits per heavy atom. The van der Waals surface area contributed by atoms with Crippen LogP contribution in [-0.2, 0) is 4.79 Å². The van der Waals surface area contributed by atoms with Crippen molar-refractivity contribution in [3.63, 3.8) is 0 Å². The standard InChI is InChI=1S/C9H18N2O/c1-8(2)5-7(12)6-9(3,4)11(8)10/h5-6,10H2,1-4H3. The van der Waals surface area contributed by atoms with Crippen molar-refractivity contribution in [2.24, 2.45) is 5.84 Å². The fourth-order valence-corrected chi connectivity index (χ4v) is 2.02. The van der Waals surface area contributed by atoms with Crippen LogP contribution in [0.4, 0.5) is 0 Å². The lowest BCUT2D eigenvalue weighted by molar-refractivity contribution is -0.133. The van der Waals surface area contributed by atoms with Crippen LogP contribution in [-0.4, -0.2) is 21.9 Å². The summed E-state index contributed by atoms with van der Waals surface area (Å²) in [6.07, 6.45) is 1.12. The Kier molecular flexibility index (Phi) is 2.05. The van der Waals surface area contributed by atoms with Gasteiger partial charge in [-0.15, -0.1) is 0 Å². The molecule has 2 N–H and O–H groups in total. The van der Waals surface area contributed by atoms with Gasteiger partial charge in [-0.05, 0) is 27.7 Å². The van der Waals surface area contributed by atoms with Crippen LogP contribution < -0.4 is 5.84 Å². The number of nitrogens with zero attached hydrogens (tertiary/aromatic N) is 1. The van der Waals surface area contributed by atoms with E-state index in [0.717, 1.165) is 0 Å². The highest BCUT2D eigenvalue weighted by molar-refractivity contribution is 5.81. The first-order valence-corrected chi connectivity index (χ1v) is 4.32. The molecule has 0 amide bonds. The van der Waals surface area contributed by atoms with Crippen molar-refractivity contribution in [3.05, 3.63) is 0 Å². The van der Waals surface area contributed by atoms with Gasteiger partial charge in [0.2, 0.25) is 0 Å². The summed E-state index contributed by atoms with van der Waals surface area (Å²) in [5.74, 6) is 6.25. The molecule has 12 heavy (non-hydrogen) atoms. The van der Waals surface area contributed by atoms with Gasteiger partial charge in [-0.1, -0.05) is 0 Å². The van der Waals surface area contributed by atoms with Gasteiger partial charge in [-0.2, -0.15) is 0 Å². The van der Waals surface area contributed by atoms with Crippen LogP contribution in [0, 0.1) is 0 Å².